The zero-order chi connectivity index (χ0) is 16.9. The van der Waals surface area contributed by atoms with Gasteiger partial charge in [0.05, 0.1) is 0 Å². The van der Waals surface area contributed by atoms with Gasteiger partial charge in [-0.2, -0.15) is 0 Å². The summed E-state index contributed by atoms with van der Waals surface area (Å²) in [4.78, 5) is 2.66. The van der Waals surface area contributed by atoms with Crippen LogP contribution < -0.4 is 4.74 Å². The summed E-state index contributed by atoms with van der Waals surface area (Å²) >= 11 is 0. The van der Waals surface area contributed by atoms with Crippen molar-refractivity contribution in [3.05, 3.63) is 71.3 Å². The van der Waals surface area contributed by atoms with Crippen molar-refractivity contribution >= 4 is 6.08 Å². The predicted molar refractivity (Wildman–Crippen MR) is 104 cm³/mol. The van der Waals surface area contributed by atoms with E-state index in [1.807, 2.05) is 30.3 Å². The van der Waals surface area contributed by atoms with Crippen LogP contribution in [0.1, 0.15) is 43.2 Å². The van der Waals surface area contributed by atoms with Gasteiger partial charge in [0.25, 0.3) is 0 Å². The minimum Gasteiger partial charge on any atom is -0.489 e. The summed E-state index contributed by atoms with van der Waals surface area (Å²) in [5.74, 6) is 0.924. The quantitative estimate of drug-likeness (QED) is 0.736. The van der Waals surface area contributed by atoms with Gasteiger partial charge in [-0.25, -0.2) is 0 Å². The number of nitrogens with zero attached hydrogens (tertiary/aromatic N) is 1. The van der Waals surface area contributed by atoms with E-state index in [4.69, 9.17) is 4.74 Å². The molecular formula is C23H27NO. The monoisotopic (exact) mass is 333 g/mol. The summed E-state index contributed by atoms with van der Waals surface area (Å²) < 4.78 is 5.83. The topological polar surface area (TPSA) is 12.5 Å². The molecule has 1 atom stereocenters. The van der Waals surface area contributed by atoms with E-state index in [-0.39, 0.29) is 0 Å². The van der Waals surface area contributed by atoms with E-state index in [0.717, 1.165) is 5.75 Å². The zero-order valence-electron chi connectivity index (χ0n) is 14.9. The van der Waals surface area contributed by atoms with Crippen molar-refractivity contribution in [2.75, 3.05) is 13.1 Å². The third-order valence-corrected chi connectivity index (χ3v) is 5.43. The molecule has 1 saturated heterocycles. The highest BCUT2D eigenvalue weighted by Gasteiger charge is 2.28. The second-order valence-corrected chi connectivity index (χ2v) is 7.21. The molecule has 0 amide bonds. The van der Waals surface area contributed by atoms with Gasteiger partial charge >= 0.3 is 0 Å². The van der Waals surface area contributed by atoms with Crippen LogP contribution in [0.5, 0.6) is 5.75 Å². The van der Waals surface area contributed by atoms with Crippen molar-refractivity contribution in [2.45, 2.75) is 44.8 Å². The van der Waals surface area contributed by atoms with Crippen LogP contribution in [0.4, 0.5) is 0 Å². The fourth-order valence-corrected chi connectivity index (χ4v) is 3.86. The fraction of sp³-hybridized carbons (Fsp3) is 0.391. The lowest BCUT2D eigenvalue weighted by Crippen LogP contribution is -2.46. The average molecular weight is 333 g/mol. The second kappa shape index (κ2) is 7.88. The van der Waals surface area contributed by atoms with Crippen molar-refractivity contribution in [1.82, 2.24) is 4.90 Å². The summed E-state index contributed by atoms with van der Waals surface area (Å²) in [7, 11) is 0. The van der Waals surface area contributed by atoms with Gasteiger partial charge in [0.15, 0.2) is 0 Å². The Morgan fingerprint density at radius 1 is 0.920 bits per heavy atom. The average Bonchev–Trinajstić information content (AvgIpc) is 2.62. The lowest BCUT2D eigenvalue weighted by Gasteiger charge is -2.42. The maximum absolute atomic E-state index is 5.83. The maximum Gasteiger partial charge on any atom is 0.119 e. The van der Waals surface area contributed by atoms with Gasteiger partial charge in [-0.15, -0.1) is 0 Å². The van der Waals surface area contributed by atoms with Crippen LogP contribution in [-0.2, 0) is 6.61 Å². The van der Waals surface area contributed by atoms with Gasteiger partial charge in [-0.1, -0.05) is 60.5 Å². The van der Waals surface area contributed by atoms with E-state index in [9.17, 15) is 0 Å². The molecule has 1 heterocycles. The molecule has 0 spiro atoms. The van der Waals surface area contributed by atoms with Crippen LogP contribution in [0.3, 0.4) is 0 Å². The number of benzene rings is 2. The first-order valence-corrected chi connectivity index (χ1v) is 9.60. The Hall–Kier alpha value is -2.06. The zero-order valence-corrected chi connectivity index (χ0v) is 14.9. The Bertz CT molecular complexity index is 701. The molecule has 1 unspecified atom stereocenters. The standard InChI is InChI=1S/C23H27NO/c1-2-8-22(9-3-1)25-18-20-13-11-19(12-14-20)17-21-7-4-5-10-23(21)24-15-6-16-24/h1-3,8-9,11-14,17,23H,4-7,10,15-16,18H2. The molecule has 25 heavy (non-hydrogen) atoms. The van der Waals surface area contributed by atoms with Crippen molar-refractivity contribution < 1.29 is 4.74 Å². The predicted octanol–water partition coefficient (Wildman–Crippen LogP) is 5.30. The second-order valence-electron chi connectivity index (χ2n) is 7.21. The Morgan fingerprint density at radius 2 is 1.72 bits per heavy atom. The third-order valence-electron chi connectivity index (χ3n) is 5.43. The number of likely N-dealkylation sites (tertiary alicyclic amines) is 1. The molecule has 0 aromatic heterocycles. The first-order valence-electron chi connectivity index (χ1n) is 9.60. The summed E-state index contributed by atoms with van der Waals surface area (Å²) in [6.07, 6.45) is 9.15. The molecule has 0 N–H and O–H groups in total. The fourth-order valence-electron chi connectivity index (χ4n) is 3.86. The highest BCUT2D eigenvalue weighted by molar-refractivity contribution is 5.55. The Labute approximate surface area is 151 Å². The maximum atomic E-state index is 5.83. The van der Waals surface area contributed by atoms with Crippen molar-refractivity contribution in [1.29, 1.82) is 0 Å². The molecule has 0 radical (unpaired) electrons. The van der Waals surface area contributed by atoms with Gasteiger partial charge in [0.2, 0.25) is 0 Å². The first-order chi connectivity index (χ1) is 12.4. The Balaban J connectivity index is 1.40. The first kappa shape index (κ1) is 16.4. The number of hydrogen-bond acceptors (Lipinski definition) is 2. The molecule has 1 aliphatic carbocycles. The van der Waals surface area contributed by atoms with Crippen LogP contribution >= 0.6 is 0 Å². The normalized spacial score (nSPS) is 22.6. The van der Waals surface area contributed by atoms with Gasteiger partial charge in [-0.3, -0.25) is 4.90 Å². The summed E-state index contributed by atoms with van der Waals surface area (Å²) in [5.41, 5.74) is 4.18. The van der Waals surface area contributed by atoms with E-state index in [1.165, 1.54) is 56.3 Å². The van der Waals surface area contributed by atoms with Crippen molar-refractivity contribution in [2.24, 2.45) is 0 Å². The van der Waals surface area contributed by atoms with Crippen LogP contribution in [0.15, 0.2) is 60.2 Å². The number of hydrogen-bond donors (Lipinski definition) is 0. The van der Waals surface area contributed by atoms with E-state index in [0.29, 0.717) is 12.6 Å². The van der Waals surface area contributed by atoms with Crippen LogP contribution in [-0.4, -0.2) is 24.0 Å². The highest BCUT2D eigenvalue weighted by atomic mass is 16.5. The van der Waals surface area contributed by atoms with Crippen LogP contribution in [0.25, 0.3) is 6.08 Å². The number of ether oxygens (including phenoxy) is 1. The molecule has 2 fully saturated rings. The van der Waals surface area contributed by atoms with E-state index in [1.54, 1.807) is 5.57 Å². The molecule has 2 aromatic carbocycles. The third kappa shape index (κ3) is 4.13. The van der Waals surface area contributed by atoms with Gasteiger partial charge in [0, 0.05) is 6.04 Å². The minimum absolute atomic E-state index is 0.622. The summed E-state index contributed by atoms with van der Waals surface area (Å²) in [6, 6.07) is 19.6. The van der Waals surface area contributed by atoms with Crippen molar-refractivity contribution in [3.8, 4) is 5.75 Å². The molecule has 2 nitrogen and oxygen atoms in total. The summed E-state index contributed by atoms with van der Waals surface area (Å²) in [5, 5.41) is 0. The Kier molecular flexibility index (Phi) is 5.17. The molecule has 4 rings (SSSR count). The number of para-hydroxylation sites is 1. The molecular weight excluding hydrogens is 306 g/mol. The van der Waals surface area contributed by atoms with Gasteiger partial charge < -0.3 is 4.74 Å². The van der Waals surface area contributed by atoms with E-state index < -0.39 is 0 Å². The molecule has 2 heteroatoms. The smallest absolute Gasteiger partial charge is 0.119 e. The summed E-state index contributed by atoms with van der Waals surface area (Å²) in [6.45, 7) is 3.20. The minimum atomic E-state index is 0.622. The van der Waals surface area contributed by atoms with Crippen LogP contribution in [0, 0.1) is 0 Å². The Morgan fingerprint density at radius 3 is 2.44 bits per heavy atom. The lowest BCUT2D eigenvalue weighted by atomic mass is 9.86. The highest BCUT2D eigenvalue weighted by Crippen LogP contribution is 2.32. The molecule has 2 aromatic rings. The number of rotatable bonds is 5. The van der Waals surface area contributed by atoms with Crippen LogP contribution in [0.2, 0.25) is 0 Å². The van der Waals surface area contributed by atoms with E-state index in [2.05, 4.69) is 35.2 Å². The molecule has 1 saturated carbocycles. The van der Waals surface area contributed by atoms with E-state index >= 15 is 0 Å². The molecule has 0 bridgehead atoms. The van der Waals surface area contributed by atoms with Gasteiger partial charge in [-0.05, 0) is 62.0 Å². The lowest BCUT2D eigenvalue weighted by molar-refractivity contribution is 0.121. The van der Waals surface area contributed by atoms with Crippen molar-refractivity contribution in [3.63, 3.8) is 0 Å². The molecule has 2 aliphatic rings. The molecule has 1 aliphatic heterocycles. The SMILES string of the molecule is C(=C1CCCCC1N1CCC1)c1ccc(COc2ccccc2)cc1. The molecule has 130 valence electrons. The largest absolute Gasteiger partial charge is 0.489 e. The van der Waals surface area contributed by atoms with Gasteiger partial charge in [0.1, 0.15) is 12.4 Å².